The highest BCUT2D eigenvalue weighted by Gasteiger charge is 2.32. The second kappa shape index (κ2) is 6.17. The Balaban J connectivity index is 2.49. The van der Waals surface area contributed by atoms with Crippen molar-refractivity contribution in [1.82, 2.24) is 9.78 Å². The summed E-state index contributed by atoms with van der Waals surface area (Å²) in [6.45, 7) is 0. The second-order valence-corrected chi connectivity index (χ2v) is 4.94. The molecule has 2 aromatic rings. The van der Waals surface area contributed by atoms with E-state index in [0.717, 1.165) is 30.1 Å². The maximum absolute atomic E-state index is 12.2. The van der Waals surface area contributed by atoms with Crippen molar-refractivity contribution in [3.05, 3.63) is 33.9 Å². The third kappa shape index (κ3) is 3.62. The zero-order valence-electron chi connectivity index (χ0n) is 11.3. The topological polar surface area (TPSA) is 79.4 Å². The molecule has 0 aliphatic rings. The lowest BCUT2D eigenvalue weighted by Gasteiger charge is -2.13. The molecular formula is C12H8Cl2F3N3O3. The van der Waals surface area contributed by atoms with E-state index in [1.807, 2.05) is 0 Å². The molecule has 0 fully saturated rings. The maximum Gasteiger partial charge on any atom is 0.573 e. The lowest BCUT2D eigenvalue weighted by Crippen LogP contribution is -2.17. The number of aromatic nitrogens is 2. The number of halogens is 5. The van der Waals surface area contributed by atoms with Crippen LogP contribution >= 0.6 is 23.2 Å². The van der Waals surface area contributed by atoms with Gasteiger partial charge in [-0.3, -0.25) is 0 Å². The SMILES string of the molecule is COC(=O)c1cnn(-c2c(Cl)cc(OC(F)(F)F)cc2Cl)c1N. The molecule has 0 saturated carbocycles. The molecule has 0 bridgehead atoms. The van der Waals surface area contributed by atoms with Crippen LogP contribution in [-0.4, -0.2) is 29.2 Å². The number of hydrogen-bond acceptors (Lipinski definition) is 5. The fourth-order valence-electron chi connectivity index (χ4n) is 1.74. The van der Waals surface area contributed by atoms with Gasteiger partial charge in [0.05, 0.1) is 23.4 Å². The highest BCUT2D eigenvalue weighted by Crippen LogP contribution is 2.36. The van der Waals surface area contributed by atoms with Gasteiger partial charge in [0.15, 0.2) is 0 Å². The Bertz CT molecular complexity index is 739. The molecule has 0 unspecified atom stereocenters. The molecule has 0 aliphatic heterocycles. The Morgan fingerprint density at radius 1 is 1.30 bits per heavy atom. The van der Waals surface area contributed by atoms with Crippen LogP contribution in [0.4, 0.5) is 19.0 Å². The number of alkyl halides is 3. The lowest BCUT2D eigenvalue weighted by molar-refractivity contribution is -0.274. The van der Waals surface area contributed by atoms with Gasteiger partial charge in [0, 0.05) is 12.1 Å². The van der Waals surface area contributed by atoms with Gasteiger partial charge in [0.2, 0.25) is 0 Å². The molecule has 6 nitrogen and oxygen atoms in total. The first-order valence-corrected chi connectivity index (χ1v) is 6.56. The molecular weight excluding hydrogens is 362 g/mol. The smallest absolute Gasteiger partial charge is 0.465 e. The van der Waals surface area contributed by atoms with Gasteiger partial charge < -0.3 is 15.2 Å². The van der Waals surface area contributed by atoms with E-state index in [2.05, 4.69) is 14.6 Å². The first-order valence-electron chi connectivity index (χ1n) is 5.81. The van der Waals surface area contributed by atoms with Crippen LogP contribution in [0.1, 0.15) is 10.4 Å². The van der Waals surface area contributed by atoms with Gasteiger partial charge in [0.25, 0.3) is 0 Å². The lowest BCUT2D eigenvalue weighted by atomic mass is 10.3. The Morgan fingerprint density at radius 2 is 1.87 bits per heavy atom. The predicted octanol–water partition coefficient (Wildman–Crippen LogP) is 3.45. The van der Waals surface area contributed by atoms with Crippen molar-refractivity contribution in [2.24, 2.45) is 0 Å². The van der Waals surface area contributed by atoms with Crippen LogP contribution in [0, 0.1) is 0 Å². The van der Waals surface area contributed by atoms with Crippen molar-refractivity contribution in [3.63, 3.8) is 0 Å². The van der Waals surface area contributed by atoms with Crippen LogP contribution in [0.5, 0.6) is 5.75 Å². The molecule has 0 aliphatic carbocycles. The number of hydrogen-bond donors (Lipinski definition) is 1. The molecule has 0 atom stereocenters. The van der Waals surface area contributed by atoms with Crippen molar-refractivity contribution < 1.29 is 27.4 Å². The van der Waals surface area contributed by atoms with Crippen molar-refractivity contribution in [2.45, 2.75) is 6.36 Å². The van der Waals surface area contributed by atoms with Crippen molar-refractivity contribution in [3.8, 4) is 11.4 Å². The second-order valence-electron chi connectivity index (χ2n) is 4.13. The van der Waals surface area contributed by atoms with Crippen molar-refractivity contribution >= 4 is 35.0 Å². The number of carbonyl (C=O) groups excluding carboxylic acids is 1. The number of carbonyl (C=O) groups is 1. The van der Waals surface area contributed by atoms with E-state index in [1.165, 1.54) is 0 Å². The summed E-state index contributed by atoms with van der Waals surface area (Å²) in [5, 5.41) is 3.43. The van der Waals surface area contributed by atoms with Crippen molar-refractivity contribution in [1.29, 1.82) is 0 Å². The molecule has 2 N–H and O–H groups in total. The summed E-state index contributed by atoms with van der Waals surface area (Å²) in [7, 11) is 1.16. The first kappa shape index (κ1) is 17.2. The van der Waals surface area contributed by atoms with Gasteiger partial charge in [-0.25, -0.2) is 9.48 Å². The Kier molecular flexibility index (Phi) is 4.62. The molecule has 1 aromatic carbocycles. The van der Waals surface area contributed by atoms with E-state index >= 15 is 0 Å². The van der Waals surface area contributed by atoms with Crippen LogP contribution in [0.25, 0.3) is 5.69 Å². The Hall–Kier alpha value is -2.13. The summed E-state index contributed by atoms with van der Waals surface area (Å²) < 4.78 is 45.9. The van der Waals surface area contributed by atoms with Crippen LogP contribution < -0.4 is 10.5 Å². The summed E-state index contributed by atoms with van der Waals surface area (Å²) >= 11 is 11.9. The summed E-state index contributed by atoms with van der Waals surface area (Å²) in [6, 6.07) is 1.80. The summed E-state index contributed by atoms with van der Waals surface area (Å²) in [5.74, 6) is -1.47. The third-order valence-corrected chi connectivity index (χ3v) is 3.22. The van der Waals surface area contributed by atoms with Gasteiger partial charge in [-0.1, -0.05) is 23.2 Å². The van der Waals surface area contributed by atoms with Gasteiger partial charge in [-0.05, 0) is 0 Å². The molecule has 11 heteroatoms. The molecule has 124 valence electrons. The molecule has 23 heavy (non-hydrogen) atoms. The highest BCUT2D eigenvalue weighted by molar-refractivity contribution is 6.38. The van der Waals surface area contributed by atoms with Crippen LogP contribution in [0.2, 0.25) is 10.0 Å². The molecule has 0 spiro atoms. The molecule has 2 rings (SSSR count). The van der Waals surface area contributed by atoms with Gasteiger partial charge in [0.1, 0.15) is 22.8 Å². The van der Waals surface area contributed by atoms with E-state index in [1.54, 1.807) is 0 Å². The highest BCUT2D eigenvalue weighted by atomic mass is 35.5. The van der Waals surface area contributed by atoms with Crippen molar-refractivity contribution in [2.75, 3.05) is 12.8 Å². The summed E-state index contributed by atoms with van der Waals surface area (Å²) in [6.07, 6.45) is -3.77. The fourth-order valence-corrected chi connectivity index (χ4v) is 2.37. The Morgan fingerprint density at radius 3 is 2.35 bits per heavy atom. The van der Waals surface area contributed by atoms with Crippen LogP contribution in [0.15, 0.2) is 18.3 Å². The standard InChI is InChI=1S/C12H8Cl2F3N3O3/c1-22-11(21)6-4-19-20(10(6)18)9-7(13)2-5(3-8(9)14)23-12(15,16)17/h2-4H,18H2,1H3. The number of rotatable bonds is 3. The minimum atomic E-state index is -4.89. The van der Waals surface area contributed by atoms with E-state index in [9.17, 15) is 18.0 Å². The van der Waals surface area contributed by atoms with E-state index in [-0.39, 0.29) is 27.1 Å². The van der Waals surface area contributed by atoms with E-state index in [4.69, 9.17) is 28.9 Å². The fraction of sp³-hybridized carbons (Fsp3) is 0.167. The molecule has 0 amide bonds. The monoisotopic (exact) mass is 369 g/mol. The first-order chi connectivity index (χ1) is 10.6. The van der Waals surface area contributed by atoms with E-state index in [0.29, 0.717) is 0 Å². The number of benzene rings is 1. The zero-order chi connectivity index (χ0) is 17.4. The van der Waals surface area contributed by atoms with Gasteiger partial charge in [-0.15, -0.1) is 13.2 Å². The van der Waals surface area contributed by atoms with E-state index < -0.39 is 18.1 Å². The average Bonchev–Trinajstić information content (AvgIpc) is 2.77. The average molecular weight is 370 g/mol. The number of esters is 1. The minimum Gasteiger partial charge on any atom is -0.465 e. The number of anilines is 1. The summed E-state index contributed by atoms with van der Waals surface area (Å²) in [4.78, 5) is 11.5. The number of nitrogens with zero attached hydrogens (tertiary/aromatic N) is 2. The maximum atomic E-state index is 12.2. The molecule has 0 saturated heterocycles. The van der Waals surface area contributed by atoms with Gasteiger partial charge in [-0.2, -0.15) is 5.10 Å². The van der Waals surface area contributed by atoms with Gasteiger partial charge >= 0.3 is 12.3 Å². The zero-order valence-corrected chi connectivity index (χ0v) is 12.8. The van der Waals surface area contributed by atoms with Crippen LogP contribution in [0.3, 0.4) is 0 Å². The quantitative estimate of drug-likeness (QED) is 0.838. The Labute approximate surface area is 137 Å². The predicted molar refractivity (Wildman–Crippen MR) is 76.0 cm³/mol. The van der Waals surface area contributed by atoms with Crippen LogP contribution in [-0.2, 0) is 4.74 Å². The molecule has 0 radical (unpaired) electrons. The minimum absolute atomic E-state index is 0.00416. The molecule has 1 heterocycles. The largest absolute Gasteiger partial charge is 0.573 e. The number of ether oxygens (including phenoxy) is 2. The summed E-state index contributed by atoms with van der Waals surface area (Å²) in [5.41, 5.74) is 5.71. The normalized spacial score (nSPS) is 11.4. The number of methoxy groups -OCH3 is 1. The number of nitrogen functional groups attached to an aromatic ring is 1. The number of nitrogens with two attached hydrogens (primary N) is 1. The molecule has 1 aromatic heterocycles. The third-order valence-electron chi connectivity index (χ3n) is 2.65.